The van der Waals surface area contributed by atoms with Crippen molar-refractivity contribution in [3.05, 3.63) is 23.8 Å². The second kappa shape index (κ2) is 5.47. The topological polar surface area (TPSA) is 60.0 Å². The van der Waals surface area contributed by atoms with Crippen molar-refractivity contribution in [3.8, 4) is 17.8 Å². The Labute approximate surface area is 107 Å². The van der Waals surface area contributed by atoms with Gasteiger partial charge in [-0.3, -0.25) is 0 Å². The number of rotatable bonds is 2. The van der Waals surface area contributed by atoms with E-state index in [9.17, 15) is 0 Å². The molecule has 1 aromatic rings. The van der Waals surface area contributed by atoms with Crippen molar-refractivity contribution in [3.63, 3.8) is 0 Å². The van der Waals surface area contributed by atoms with Crippen LogP contribution in [0.4, 0.5) is 5.69 Å². The summed E-state index contributed by atoms with van der Waals surface area (Å²) in [6.07, 6.45) is 1.80. The van der Waals surface area contributed by atoms with Crippen molar-refractivity contribution in [2.24, 2.45) is 0 Å². The SMILES string of the molecule is COc1cc(N2CCB(C#N)CC2)ccc1C#N. The largest absolute Gasteiger partial charge is 0.495 e. The molecule has 4 nitrogen and oxygen atoms in total. The summed E-state index contributed by atoms with van der Waals surface area (Å²) >= 11 is 0. The van der Waals surface area contributed by atoms with Crippen molar-refractivity contribution in [2.45, 2.75) is 12.6 Å². The third-order valence-electron chi connectivity index (χ3n) is 3.35. The second-order valence-electron chi connectivity index (χ2n) is 4.39. The van der Waals surface area contributed by atoms with Crippen LogP contribution in [-0.4, -0.2) is 26.9 Å². The van der Waals surface area contributed by atoms with E-state index in [0.717, 1.165) is 31.4 Å². The van der Waals surface area contributed by atoms with Crippen LogP contribution in [0.1, 0.15) is 5.56 Å². The fraction of sp³-hybridized carbons (Fsp3) is 0.385. The van der Waals surface area contributed by atoms with Crippen LogP contribution in [-0.2, 0) is 0 Å². The molecule has 0 N–H and O–H groups in total. The van der Waals surface area contributed by atoms with Crippen LogP contribution < -0.4 is 9.64 Å². The standard InChI is InChI=1S/C13H14BN3O/c1-18-13-8-12(3-2-11(13)9-15)17-6-4-14(10-16)5-7-17/h2-3,8H,4-7H2,1H3. The number of methoxy groups -OCH3 is 1. The Morgan fingerprint density at radius 3 is 2.56 bits per heavy atom. The van der Waals surface area contributed by atoms with Gasteiger partial charge in [0.05, 0.1) is 12.7 Å². The number of ether oxygens (including phenoxy) is 1. The van der Waals surface area contributed by atoms with E-state index >= 15 is 0 Å². The van der Waals surface area contributed by atoms with Gasteiger partial charge in [0.2, 0.25) is 0 Å². The molecular weight excluding hydrogens is 225 g/mol. The summed E-state index contributed by atoms with van der Waals surface area (Å²) in [5.41, 5.74) is 1.61. The number of nitriles is 2. The molecule has 0 saturated carbocycles. The average molecular weight is 239 g/mol. The van der Waals surface area contributed by atoms with Crippen LogP contribution in [0.5, 0.6) is 5.75 Å². The quantitative estimate of drug-likeness (QED) is 0.740. The average Bonchev–Trinajstić information content (AvgIpc) is 2.46. The van der Waals surface area contributed by atoms with E-state index in [-0.39, 0.29) is 6.71 Å². The molecule has 0 unspecified atom stereocenters. The van der Waals surface area contributed by atoms with Crippen LogP contribution in [0.15, 0.2) is 18.2 Å². The van der Waals surface area contributed by atoms with Gasteiger partial charge in [-0.25, -0.2) is 5.26 Å². The Morgan fingerprint density at radius 2 is 2.00 bits per heavy atom. The first-order valence-electron chi connectivity index (χ1n) is 6.01. The van der Waals surface area contributed by atoms with E-state index in [4.69, 9.17) is 15.3 Å². The maximum Gasteiger partial charge on any atom is 0.271 e. The number of hydrogen-bond donors (Lipinski definition) is 0. The van der Waals surface area contributed by atoms with Gasteiger partial charge >= 0.3 is 0 Å². The lowest BCUT2D eigenvalue weighted by molar-refractivity contribution is 0.413. The lowest BCUT2D eigenvalue weighted by Gasteiger charge is -2.30. The molecule has 5 heteroatoms. The number of hydrogen-bond acceptors (Lipinski definition) is 4. The van der Waals surface area contributed by atoms with Gasteiger partial charge in [0, 0.05) is 30.8 Å². The van der Waals surface area contributed by atoms with E-state index in [0.29, 0.717) is 11.3 Å². The zero-order valence-corrected chi connectivity index (χ0v) is 10.4. The summed E-state index contributed by atoms with van der Waals surface area (Å²) in [6, 6.07) is 7.72. The van der Waals surface area contributed by atoms with Gasteiger partial charge in [0.1, 0.15) is 11.8 Å². The van der Waals surface area contributed by atoms with Crippen LogP contribution in [0.2, 0.25) is 12.6 Å². The smallest absolute Gasteiger partial charge is 0.271 e. The summed E-state index contributed by atoms with van der Waals surface area (Å²) in [5, 5.41) is 17.8. The normalized spacial score (nSPS) is 14.8. The van der Waals surface area contributed by atoms with Gasteiger partial charge in [0.15, 0.2) is 0 Å². The van der Waals surface area contributed by atoms with E-state index in [1.54, 1.807) is 13.2 Å². The molecule has 1 aromatic carbocycles. The summed E-state index contributed by atoms with van der Waals surface area (Å²) < 4.78 is 5.21. The lowest BCUT2D eigenvalue weighted by atomic mass is 9.45. The molecule has 90 valence electrons. The monoisotopic (exact) mass is 239 g/mol. The molecule has 1 heterocycles. The van der Waals surface area contributed by atoms with Gasteiger partial charge in [-0.15, -0.1) is 0 Å². The predicted octanol–water partition coefficient (Wildman–Crippen LogP) is 1.94. The Hall–Kier alpha value is -2.14. The number of nitrogens with zero attached hydrogens (tertiary/aromatic N) is 3. The van der Waals surface area contributed by atoms with Crippen LogP contribution in [0.25, 0.3) is 0 Å². The molecule has 0 aliphatic carbocycles. The second-order valence-corrected chi connectivity index (χ2v) is 4.39. The first kappa shape index (κ1) is 12.3. The molecule has 1 aliphatic rings. The summed E-state index contributed by atoms with van der Waals surface area (Å²) in [7, 11) is 1.57. The Balaban J connectivity index is 2.16. The molecule has 0 spiro atoms. The molecule has 0 bridgehead atoms. The molecule has 0 atom stereocenters. The van der Waals surface area contributed by atoms with Crippen LogP contribution >= 0.6 is 0 Å². The lowest BCUT2D eigenvalue weighted by Crippen LogP contribution is -2.36. The van der Waals surface area contributed by atoms with Crippen molar-refractivity contribution >= 4 is 12.4 Å². The van der Waals surface area contributed by atoms with Crippen molar-refractivity contribution in [1.29, 1.82) is 10.5 Å². The summed E-state index contributed by atoms with van der Waals surface area (Å²) in [4.78, 5) is 2.23. The van der Waals surface area contributed by atoms with E-state index in [1.807, 2.05) is 12.1 Å². The third kappa shape index (κ3) is 2.41. The first-order chi connectivity index (χ1) is 8.78. The molecule has 0 aromatic heterocycles. The van der Waals surface area contributed by atoms with Crippen molar-refractivity contribution < 1.29 is 4.74 Å². The molecule has 18 heavy (non-hydrogen) atoms. The molecule has 2 rings (SSSR count). The zero-order valence-electron chi connectivity index (χ0n) is 10.4. The van der Waals surface area contributed by atoms with Gasteiger partial charge in [-0.05, 0) is 24.8 Å². The predicted molar refractivity (Wildman–Crippen MR) is 70.9 cm³/mol. The van der Waals surface area contributed by atoms with E-state index < -0.39 is 0 Å². The molecular formula is C13H14BN3O. The highest BCUT2D eigenvalue weighted by atomic mass is 16.5. The molecule has 0 amide bonds. The van der Waals surface area contributed by atoms with Gasteiger partial charge in [-0.1, -0.05) is 0 Å². The zero-order chi connectivity index (χ0) is 13.0. The Kier molecular flexibility index (Phi) is 3.74. The summed E-state index contributed by atoms with van der Waals surface area (Å²) in [5.74, 6) is 2.93. The minimum atomic E-state index is 0.182. The Morgan fingerprint density at radius 1 is 1.28 bits per heavy atom. The molecule has 1 fully saturated rings. The van der Waals surface area contributed by atoms with Gasteiger partial charge < -0.3 is 9.64 Å². The molecule has 1 aliphatic heterocycles. The third-order valence-corrected chi connectivity index (χ3v) is 3.35. The minimum absolute atomic E-state index is 0.182. The van der Waals surface area contributed by atoms with Crippen molar-refractivity contribution in [2.75, 3.05) is 25.1 Å². The fourth-order valence-electron chi connectivity index (χ4n) is 2.24. The highest BCUT2D eigenvalue weighted by Gasteiger charge is 2.23. The van der Waals surface area contributed by atoms with Crippen LogP contribution in [0, 0.1) is 22.6 Å². The van der Waals surface area contributed by atoms with E-state index in [1.165, 1.54) is 0 Å². The first-order valence-corrected chi connectivity index (χ1v) is 6.01. The maximum absolute atomic E-state index is 8.94. The minimum Gasteiger partial charge on any atom is -0.495 e. The van der Waals surface area contributed by atoms with Crippen LogP contribution in [0.3, 0.4) is 0 Å². The van der Waals surface area contributed by atoms with Crippen molar-refractivity contribution in [1.82, 2.24) is 0 Å². The van der Waals surface area contributed by atoms with E-state index in [2.05, 4.69) is 16.9 Å². The molecule has 0 radical (unpaired) electrons. The highest BCUT2D eigenvalue weighted by molar-refractivity contribution is 6.67. The molecule has 1 saturated heterocycles. The number of benzene rings is 1. The van der Waals surface area contributed by atoms with Gasteiger partial charge in [-0.2, -0.15) is 5.26 Å². The highest BCUT2D eigenvalue weighted by Crippen LogP contribution is 2.27. The Bertz CT molecular complexity index is 510. The fourth-order valence-corrected chi connectivity index (χ4v) is 2.24. The maximum atomic E-state index is 8.94. The van der Waals surface area contributed by atoms with Gasteiger partial charge in [0.25, 0.3) is 6.71 Å². The summed E-state index contributed by atoms with van der Waals surface area (Å²) in [6.45, 7) is 1.95. The number of anilines is 1.